The van der Waals surface area contributed by atoms with Crippen molar-refractivity contribution < 1.29 is 9.84 Å². The highest BCUT2D eigenvalue weighted by atomic mass is 32.2. The lowest BCUT2D eigenvalue weighted by molar-refractivity contribution is 0.191. The Hall–Kier alpha value is -1.19. The molecule has 88 valence electrons. The van der Waals surface area contributed by atoms with Crippen LogP contribution in [0.4, 0.5) is 0 Å². The van der Waals surface area contributed by atoms with E-state index in [1.165, 1.54) is 10.5 Å². The normalized spacial score (nSPS) is 21.9. The molecule has 1 aromatic rings. The molecule has 0 fully saturated rings. The van der Waals surface area contributed by atoms with Gasteiger partial charge in [0.2, 0.25) is 0 Å². The van der Waals surface area contributed by atoms with Crippen LogP contribution >= 0.6 is 11.8 Å². The quantitative estimate of drug-likeness (QED) is 0.826. The fourth-order valence-electron chi connectivity index (χ4n) is 2.11. The highest BCUT2D eigenvalue weighted by Crippen LogP contribution is 2.38. The molecule has 3 rings (SSSR count). The maximum absolute atomic E-state index is 9.15. The zero-order chi connectivity index (χ0) is 11.7. The Morgan fingerprint density at radius 2 is 2.35 bits per heavy atom. The van der Waals surface area contributed by atoms with Crippen LogP contribution in [0.3, 0.4) is 0 Å². The summed E-state index contributed by atoms with van der Waals surface area (Å²) >= 11 is 1.85. The molecule has 1 aliphatic heterocycles. The first-order valence-corrected chi connectivity index (χ1v) is 6.63. The molecule has 1 unspecified atom stereocenters. The summed E-state index contributed by atoms with van der Waals surface area (Å²) in [6.45, 7) is 0.692. The predicted molar refractivity (Wildman–Crippen MR) is 68.6 cm³/mol. The molecule has 0 bridgehead atoms. The fraction of sp³-hybridized carbons (Fsp3) is 0.286. The van der Waals surface area contributed by atoms with E-state index in [1.54, 1.807) is 0 Å². The molecular formula is C14H14O2S. The molecule has 1 N–H and O–H groups in total. The van der Waals surface area contributed by atoms with Gasteiger partial charge in [-0.2, -0.15) is 0 Å². The number of thioether (sulfide) groups is 1. The summed E-state index contributed by atoms with van der Waals surface area (Å²) in [7, 11) is 0. The number of fused-ring (bicyclic) bond motifs is 2. The Morgan fingerprint density at radius 3 is 3.24 bits per heavy atom. The van der Waals surface area contributed by atoms with Gasteiger partial charge in [-0.1, -0.05) is 18.2 Å². The largest absolute Gasteiger partial charge is 0.492 e. The third kappa shape index (κ3) is 2.13. The second kappa shape index (κ2) is 4.59. The fourth-order valence-corrected chi connectivity index (χ4v) is 3.30. The highest BCUT2D eigenvalue weighted by Gasteiger charge is 2.23. The number of benzene rings is 1. The summed E-state index contributed by atoms with van der Waals surface area (Å²) in [5.41, 5.74) is 2.13. The number of hydrogen-bond acceptors (Lipinski definition) is 3. The van der Waals surface area contributed by atoms with Crippen LogP contribution in [0.15, 0.2) is 47.1 Å². The van der Waals surface area contributed by atoms with E-state index in [-0.39, 0.29) is 6.61 Å². The molecule has 2 aliphatic rings. The van der Waals surface area contributed by atoms with Crippen molar-refractivity contribution in [2.75, 3.05) is 0 Å². The summed E-state index contributed by atoms with van der Waals surface area (Å²) in [6.07, 6.45) is 7.32. The van der Waals surface area contributed by atoms with Gasteiger partial charge in [0.15, 0.2) is 0 Å². The van der Waals surface area contributed by atoms with Gasteiger partial charge in [-0.3, -0.25) is 0 Å². The predicted octanol–water partition coefficient (Wildman–Crippen LogP) is 3.01. The monoisotopic (exact) mass is 246 g/mol. The molecule has 0 amide bonds. The smallest absolute Gasteiger partial charge is 0.114 e. The maximum atomic E-state index is 9.15. The second-order valence-electron chi connectivity index (χ2n) is 4.23. The van der Waals surface area contributed by atoms with Crippen molar-refractivity contribution in [2.24, 2.45) is 0 Å². The molecule has 3 heteroatoms. The minimum absolute atomic E-state index is 0.0889. The minimum atomic E-state index is 0.0889. The number of hydrogen-bond donors (Lipinski definition) is 1. The van der Waals surface area contributed by atoms with Crippen LogP contribution in [0.2, 0.25) is 0 Å². The van der Waals surface area contributed by atoms with Gasteiger partial charge >= 0.3 is 0 Å². The average molecular weight is 246 g/mol. The molecule has 2 nitrogen and oxygen atoms in total. The van der Waals surface area contributed by atoms with Gasteiger partial charge in [0, 0.05) is 10.5 Å². The second-order valence-corrected chi connectivity index (χ2v) is 5.47. The number of rotatable bonds is 1. The summed E-state index contributed by atoms with van der Waals surface area (Å²) in [4.78, 5) is 1.27. The van der Waals surface area contributed by atoms with Crippen molar-refractivity contribution in [3.8, 4) is 0 Å². The van der Waals surface area contributed by atoms with Gasteiger partial charge < -0.3 is 9.84 Å². The first-order chi connectivity index (χ1) is 8.36. The van der Waals surface area contributed by atoms with Gasteiger partial charge in [-0.05, 0) is 30.2 Å². The molecule has 0 radical (unpaired) electrons. The molecule has 1 heterocycles. The number of ether oxygens (including phenoxy) is 1. The van der Waals surface area contributed by atoms with E-state index in [2.05, 4.69) is 24.3 Å². The molecule has 1 atom stereocenters. The van der Waals surface area contributed by atoms with E-state index >= 15 is 0 Å². The van der Waals surface area contributed by atoms with Crippen LogP contribution in [-0.4, -0.2) is 10.4 Å². The molecule has 17 heavy (non-hydrogen) atoms. The number of aliphatic hydroxyl groups is 1. The van der Waals surface area contributed by atoms with Crippen molar-refractivity contribution in [2.45, 2.75) is 29.8 Å². The van der Waals surface area contributed by atoms with E-state index in [1.807, 2.05) is 23.9 Å². The van der Waals surface area contributed by atoms with Crippen LogP contribution in [-0.2, 0) is 18.0 Å². The van der Waals surface area contributed by atoms with Crippen molar-refractivity contribution in [1.29, 1.82) is 0 Å². The van der Waals surface area contributed by atoms with Crippen molar-refractivity contribution in [3.63, 3.8) is 0 Å². The molecular weight excluding hydrogens is 232 g/mol. The van der Waals surface area contributed by atoms with E-state index in [9.17, 15) is 0 Å². The summed E-state index contributed by atoms with van der Waals surface area (Å²) < 4.78 is 5.84. The van der Waals surface area contributed by atoms with E-state index < -0.39 is 0 Å². The third-order valence-corrected chi connectivity index (χ3v) is 4.40. The Labute approximate surface area is 105 Å². The topological polar surface area (TPSA) is 29.5 Å². The summed E-state index contributed by atoms with van der Waals surface area (Å²) in [6, 6.07) is 6.11. The maximum Gasteiger partial charge on any atom is 0.114 e. The van der Waals surface area contributed by atoms with Crippen LogP contribution in [0, 0.1) is 0 Å². The Balaban J connectivity index is 1.94. The highest BCUT2D eigenvalue weighted by molar-refractivity contribution is 8.00. The molecule has 0 aromatic heterocycles. The van der Waals surface area contributed by atoms with Crippen molar-refractivity contribution in [3.05, 3.63) is 53.3 Å². The third-order valence-electron chi connectivity index (χ3n) is 3.04. The first kappa shape index (κ1) is 10.9. The zero-order valence-electron chi connectivity index (χ0n) is 9.43. The van der Waals surface area contributed by atoms with Crippen LogP contribution in [0.5, 0.6) is 0 Å². The van der Waals surface area contributed by atoms with Gasteiger partial charge in [-0.25, -0.2) is 0 Å². The van der Waals surface area contributed by atoms with E-state index in [4.69, 9.17) is 9.84 Å². The lowest BCUT2D eigenvalue weighted by atomic mass is 10.1. The lowest BCUT2D eigenvalue weighted by Crippen LogP contribution is -2.08. The Morgan fingerprint density at radius 1 is 1.41 bits per heavy atom. The van der Waals surface area contributed by atoms with Crippen LogP contribution in [0.25, 0.3) is 0 Å². The zero-order valence-corrected chi connectivity index (χ0v) is 10.2. The molecule has 1 aliphatic carbocycles. The van der Waals surface area contributed by atoms with Gasteiger partial charge in [0.25, 0.3) is 0 Å². The van der Waals surface area contributed by atoms with Crippen LogP contribution < -0.4 is 0 Å². The number of allylic oxidation sites excluding steroid dienone is 3. The summed E-state index contributed by atoms with van der Waals surface area (Å²) in [5.74, 6) is 1.07. The first-order valence-electron chi connectivity index (χ1n) is 5.75. The molecule has 0 spiro atoms. The number of aliphatic hydroxyl groups excluding tert-OH is 1. The van der Waals surface area contributed by atoms with Gasteiger partial charge in [0.05, 0.1) is 11.9 Å². The van der Waals surface area contributed by atoms with Crippen molar-refractivity contribution >= 4 is 11.8 Å². The van der Waals surface area contributed by atoms with E-state index in [0.717, 1.165) is 17.7 Å². The van der Waals surface area contributed by atoms with Crippen LogP contribution in [0.1, 0.15) is 17.5 Å². The Kier molecular flexibility index (Phi) is 2.95. The van der Waals surface area contributed by atoms with Gasteiger partial charge in [-0.15, -0.1) is 11.8 Å². The average Bonchev–Trinajstić information content (AvgIpc) is 2.57. The van der Waals surface area contributed by atoms with Gasteiger partial charge in [0.1, 0.15) is 12.4 Å². The molecule has 0 saturated carbocycles. The SMILES string of the molecule is OCc1ccc2c(c1)COC1=CC=CCC1S2. The molecule has 1 aromatic carbocycles. The molecule has 0 saturated heterocycles. The standard InChI is InChI=1S/C14H14O2S/c15-8-10-5-6-13-11(7-10)9-16-12-3-1-2-4-14(12)17-13/h1-3,5-7,14-15H,4,8-9H2. The minimum Gasteiger partial charge on any atom is -0.492 e. The van der Waals surface area contributed by atoms with Crippen molar-refractivity contribution in [1.82, 2.24) is 0 Å². The summed E-state index contributed by atoms with van der Waals surface area (Å²) in [5, 5.41) is 9.55. The lowest BCUT2D eigenvalue weighted by Gasteiger charge is -2.17. The van der Waals surface area contributed by atoms with E-state index in [0.29, 0.717) is 11.9 Å². The Bertz CT molecular complexity index is 491.